The lowest BCUT2D eigenvalue weighted by Crippen LogP contribution is -2.34. The summed E-state index contributed by atoms with van der Waals surface area (Å²) in [6.45, 7) is 5.40. The molecule has 20 heavy (non-hydrogen) atoms. The molecule has 0 saturated carbocycles. The first-order chi connectivity index (χ1) is 9.05. The summed E-state index contributed by atoms with van der Waals surface area (Å²) < 4.78 is 25.3. The van der Waals surface area contributed by atoms with Gasteiger partial charge in [-0.3, -0.25) is 0 Å². The van der Waals surface area contributed by atoms with Gasteiger partial charge in [-0.1, -0.05) is 62.0 Å². The van der Waals surface area contributed by atoms with E-state index in [1.165, 1.54) is 0 Å². The van der Waals surface area contributed by atoms with E-state index < -0.39 is 10.0 Å². The van der Waals surface area contributed by atoms with Crippen LogP contribution in [0.2, 0.25) is 0 Å². The van der Waals surface area contributed by atoms with Crippen LogP contribution in [0.4, 0.5) is 0 Å². The fraction of sp³-hybridized carbons (Fsp3) is 0.727. The number of hydrogen-bond acceptors (Lipinski definition) is 4. The Morgan fingerprint density at radius 3 is 2.30 bits per heavy atom. The van der Waals surface area contributed by atoms with E-state index in [1.807, 2.05) is 20.8 Å². The normalized spacial score (nSPS) is 12.3. The number of halogens is 3. The molecule has 0 bridgehead atoms. The first-order valence-corrected chi connectivity index (χ1v) is 9.33. The van der Waals surface area contributed by atoms with Crippen molar-refractivity contribution in [3.63, 3.8) is 0 Å². The fourth-order valence-corrected chi connectivity index (χ4v) is 5.00. The standard InChI is InChI=1S/C11H17Cl3N2O2S2/c1-4-5-11(2,3)8-20(17,18)16(7-6-15)19-10(14)9(12)13/h4-5,7-8H2,1-3H3. The molecule has 0 aliphatic heterocycles. The number of hydrogen-bond donors (Lipinski definition) is 0. The molecule has 0 atom stereocenters. The Morgan fingerprint density at radius 2 is 1.90 bits per heavy atom. The zero-order valence-corrected chi connectivity index (χ0v) is 15.4. The van der Waals surface area contributed by atoms with E-state index in [0.717, 1.165) is 16.6 Å². The molecule has 0 aliphatic carbocycles. The molecule has 0 fully saturated rings. The zero-order valence-electron chi connectivity index (χ0n) is 11.5. The number of rotatable bonds is 8. The van der Waals surface area contributed by atoms with Gasteiger partial charge in [-0.2, -0.15) is 5.26 Å². The Morgan fingerprint density at radius 1 is 1.35 bits per heavy atom. The van der Waals surface area contributed by atoms with E-state index in [4.69, 9.17) is 40.1 Å². The maximum atomic E-state index is 12.4. The molecule has 9 heteroatoms. The van der Waals surface area contributed by atoms with E-state index in [2.05, 4.69) is 0 Å². The maximum Gasteiger partial charge on any atom is 0.225 e. The van der Waals surface area contributed by atoms with Gasteiger partial charge >= 0.3 is 0 Å². The number of nitriles is 1. The lowest BCUT2D eigenvalue weighted by Gasteiger charge is -2.27. The molecule has 0 aromatic carbocycles. The Balaban J connectivity index is 5.18. The Bertz CT molecular complexity index is 494. The maximum absolute atomic E-state index is 12.4. The lowest BCUT2D eigenvalue weighted by atomic mass is 9.91. The van der Waals surface area contributed by atoms with E-state index in [-0.39, 0.29) is 26.6 Å². The van der Waals surface area contributed by atoms with Crippen molar-refractivity contribution < 1.29 is 8.42 Å². The number of sulfonamides is 1. The van der Waals surface area contributed by atoms with Gasteiger partial charge < -0.3 is 0 Å². The highest BCUT2D eigenvalue weighted by Crippen LogP contribution is 2.35. The molecule has 0 saturated heterocycles. The van der Waals surface area contributed by atoms with Crippen LogP contribution in [0.5, 0.6) is 0 Å². The highest BCUT2D eigenvalue weighted by atomic mass is 35.5. The average Bonchev–Trinajstić information content (AvgIpc) is 2.26. The second-order valence-corrected chi connectivity index (χ2v) is 9.62. The summed E-state index contributed by atoms with van der Waals surface area (Å²) in [5, 5.41) is 8.76. The first-order valence-electron chi connectivity index (χ1n) is 5.82. The minimum Gasteiger partial charge on any atom is -0.211 e. The van der Waals surface area contributed by atoms with Gasteiger partial charge in [0.1, 0.15) is 15.4 Å². The van der Waals surface area contributed by atoms with Gasteiger partial charge in [-0.05, 0) is 23.8 Å². The largest absolute Gasteiger partial charge is 0.225 e. The second kappa shape index (κ2) is 8.72. The van der Waals surface area contributed by atoms with Gasteiger partial charge in [0.15, 0.2) is 0 Å². The van der Waals surface area contributed by atoms with Crippen LogP contribution in [0.25, 0.3) is 0 Å². The summed E-state index contributed by atoms with van der Waals surface area (Å²) in [6.07, 6.45) is 1.64. The Labute approximate surface area is 140 Å². The van der Waals surface area contributed by atoms with Gasteiger partial charge in [0.2, 0.25) is 10.0 Å². The van der Waals surface area contributed by atoms with E-state index >= 15 is 0 Å². The van der Waals surface area contributed by atoms with E-state index in [9.17, 15) is 8.42 Å². The molecule has 0 rings (SSSR count). The van der Waals surface area contributed by atoms with Crippen molar-refractivity contribution in [2.75, 3.05) is 12.3 Å². The summed E-state index contributed by atoms with van der Waals surface area (Å²) in [6, 6.07) is 1.79. The van der Waals surface area contributed by atoms with Gasteiger partial charge in [0.25, 0.3) is 0 Å². The number of nitrogens with zero attached hydrogens (tertiary/aromatic N) is 2. The molecule has 0 radical (unpaired) electrons. The van der Waals surface area contributed by atoms with E-state index in [0.29, 0.717) is 11.9 Å². The first kappa shape index (κ1) is 20.4. The highest BCUT2D eigenvalue weighted by molar-refractivity contribution is 8.11. The predicted octanol–water partition coefficient (Wildman–Crippen LogP) is 4.46. The van der Waals surface area contributed by atoms with Crippen molar-refractivity contribution >= 4 is 56.8 Å². The van der Waals surface area contributed by atoms with Crippen LogP contribution in [0.1, 0.15) is 33.6 Å². The molecule has 0 spiro atoms. The molecule has 0 heterocycles. The summed E-state index contributed by atoms with van der Waals surface area (Å²) >= 11 is 17.4. The van der Waals surface area contributed by atoms with Crippen molar-refractivity contribution in [1.82, 2.24) is 3.71 Å². The average molecular weight is 380 g/mol. The molecule has 0 aromatic heterocycles. The van der Waals surface area contributed by atoms with Crippen LogP contribution >= 0.6 is 46.8 Å². The van der Waals surface area contributed by atoms with Gasteiger partial charge in [-0.25, -0.2) is 8.42 Å². The van der Waals surface area contributed by atoms with Crippen molar-refractivity contribution in [3.8, 4) is 6.07 Å². The second-order valence-electron chi connectivity index (χ2n) is 4.91. The quantitative estimate of drug-likeness (QED) is 0.461. The molecule has 4 nitrogen and oxygen atoms in total. The lowest BCUT2D eigenvalue weighted by molar-refractivity contribution is 0.369. The molecular weight excluding hydrogens is 363 g/mol. The Hall–Kier alpha value is 0.360. The fourth-order valence-electron chi connectivity index (χ4n) is 1.68. The summed E-state index contributed by atoms with van der Waals surface area (Å²) in [7, 11) is -3.66. The molecule has 0 aliphatic rings. The van der Waals surface area contributed by atoms with Gasteiger partial charge in [0.05, 0.1) is 11.8 Å². The third kappa shape index (κ3) is 7.39. The van der Waals surface area contributed by atoms with E-state index in [1.54, 1.807) is 6.07 Å². The zero-order chi connectivity index (χ0) is 16.0. The molecule has 0 amide bonds. The summed E-state index contributed by atoms with van der Waals surface area (Å²) in [5.41, 5.74) is -0.386. The van der Waals surface area contributed by atoms with Crippen LogP contribution in [0.15, 0.2) is 8.86 Å². The molecule has 0 N–H and O–H groups in total. The Kier molecular flexibility index (Phi) is 8.87. The van der Waals surface area contributed by atoms with Gasteiger partial charge in [-0.15, -0.1) is 3.71 Å². The third-order valence-electron chi connectivity index (χ3n) is 2.34. The SMILES string of the molecule is CCCC(C)(C)CS(=O)(=O)N(CC#N)SC(Cl)=C(Cl)Cl. The topological polar surface area (TPSA) is 61.2 Å². The highest BCUT2D eigenvalue weighted by Gasteiger charge is 2.31. The molecular formula is C11H17Cl3N2O2S2. The summed E-state index contributed by atoms with van der Waals surface area (Å²) in [4.78, 5) is 0. The molecule has 116 valence electrons. The molecule has 0 unspecified atom stereocenters. The van der Waals surface area contributed by atoms with Crippen molar-refractivity contribution in [2.24, 2.45) is 5.41 Å². The van der Waals surface area contributed by atoms with Crippen LogP contribution < -0.4 is 0 Å². The van der Waals surface area contributed by atoms with Crippen LogP contribution in [-0.2, 0) is 10.0 Å². The summed E-state index contributed by atoms with van der Waals surface area (Å²) in [5.74, 6) is -0.0768. The molecule has 0 aromatic rings. The van der Waals surface area contributed by atoms with Crippen LogP contribution in [0, 0.1) is 16.7 Å². The minimum absolute atomic E-state index is 0.0768. The van der Waals surface area contributed by atoms with Crippen molar-refractivity contribution in [3.05, 3.63) is 8.86 Å². The van der Waals surface area contributed by atoms with Crippen LogP contribution in [-0.4, -0.2) is 24.4 Å². The predicted molar refractivity (Wildman–Crippen MR) is 87.0 cm³/mol. The smallest absolute Gasteiger partial charge is 0.211 e. The minimum atomic E-state index is -3.66. The third-order valence-corrected chi connectivity index (χ3v) is 7.03. The van der Waals surface area contributed by atoms with Crippen molar-refractivity contribution in [2.45, 2.75) is 33.6 Å². The van der Waals surface area contributed by atoms with Gasteiger partial charge in [0, 0.05) is 0 Å². The van der Waals surface area contributed by atoms with Crippen molar-refractivity contribution in [1.29, 1.82) is 5.26 Å². The van der Waals surface area contributed by atoms with Crippen LogP contribution in [0.3, 0.4) is 0 Å². The monoisotopic (exact) mass is 378 g/mol.